The van der Waals surface area contributed by atoms with Crippen molar-refractivity contribution in [2.75, 3.05) is 51.1 Å². The summed E-state index contributed by atoms with van der Waals surface area (Å²) < 4.78 is 1.87. The molecule has 10 heteroatoms. The molecule has 2 amide bonds. The smallest absolute Gasteiger partial charge is 0.317 e. The average molecular weight is 501 g/mol. The van der Waals surface area contributed by atoms with E-state index in [0.29, 0.717) is 43.9 Å². The Morgan fingerprint density at radius 1 is 1.00 bits per heavy atom. The Morgan fingerprint density at radius 2 is 1.69 bits per heavy atom. The monoisotopic (exact) mass is 500 g/mol. The zero-order chi connectivity index (χ0) is 26.5. The fraction of sp³-hybridized carbons (Fsp3) is 0.538. The van der Waals surface area contributed by atoms with Gasteiger partial charge in [-0.25, -0.2) is 0 Å². The van der Waals surface area contributed by atoms with Gasteiger partial charge >= 0.3 is 5.97 Å². The predicted molar refractivity (Wildman–Crippen MR) is 140 cm³/mol. The van der Waals surface area contributed by atoms with Crippen LogP contribution in [0.5, 0.6) is 0 Å². The molecule has 0 bridgehead atoms. The molecule has 2 aromatic rings. The van der Waals surface area contributed by atoms with Crippen LogP contribution in [0.1, 0.15) is 48.4 Å². The second-order valence-electron chi connectivity index (χ2n) is 8.83. The molecule has 0 unspecified atom stereocenters. The summed E-state index contributed by atoms with van der Waals surface area (Å²) in [5.74, 6) is -1.19. The van der Waals surface area contributed by atoms with Crippen LogP contribution < -0.4 is 10.6 Å². The van der Waals surface area contributed by atoms with Crippen molar-refractivity contribution in [3.63, 3.8) is 0 Å². The van der Waals surface area contributed by atoms with Crippen molar-refractivity contribution in [3.05, 3.63) is 47.3 Å². The van der Waals surface area contributed by atoms with Gasteiger partial charge in [0, 0.05) is 43.0 Å². The maximum absolute atomic E-state index is 12.4. The molecule has 0 spiro atoms. The van der Waals surface area contributed by atoms with Gasteiger partial charge < -0.3 is 20.6 Å². The molecule has 0 aliphatic rings. The standard InChI is InChI=1S/C26H40N6O4/c1-5-30(6-2)15-13-27-26(36)22-9-11-23(12-10-22)28-24(33)8-7-14-31(19-25(34)35)16-17-32-21(4)18-20(3)29-32/h9-12,18H,5-8,13-17,19H2,1-4H3,(H,27,36)(H,28,33)(H,34,35). The Kier molecular flexibility index (Phi) is 12.1. The topological polar surface area (TPSA) is 120 Å². The molecule has 10 nitrogen and oxygen atoms in total. The first-order valence-corrected chi connectivity index (χ1v) is 12.6. The second-order valence-corrected chi connectivity index (χ2v) is 8.83. The van der Waals surface area contributed by atoms with Crippen LogP contribution in [0.2, 0.25) is 0 Å². The van der Waals surface area contributed by atoms with E-state index in [4.69, 9.17) is 0 Å². The van der Waals surface area contributed by atoms with Crippen molar-refractivity contribution in [1.82, 2.24) is 24.9 Å². The second kappa shape index (κ2) is 15.0. The summed E-state index contributed by atoms with van der Waals surface area (Å²) in [5.41, 5.74) is 3.12. The van der Waals surface area contributed by atoms with Crippen LogP contribution in [-0.2, 0) is 16.1 Å². The van der Waals surface area contributed by atoms with Crippen molar-refractivity contribution in [2.45, 2.75) is 47.1 Å². The fourth-order valence-corrected chi connectivity index (χ4v) is 3.96. The summed E-state index contributed by atoms with van der Waals surface area (Å²) in [7, 11) is 0. The van der Waals surface area contributed by atoms with E-state index in [1.165, 1.54) is 0 Å². The molecule has 1 aromatic carbocycles. The van der Waals surface area contributed by atoms with E-state index in [-0.39, 0.29) is 24.8 Å². The minimum Gasteiger partial charge on any atom is -0.480 e. The Balaban J connectivity index is 1.76. The van der Waals surface area contributed by atoms with Crippen molar-refractivity contribution in [1.29, 1.82) is 0 Å². The molecule has 36 heavy (non-hydrogen) atoms. The molecule has 3 N–H and O–H groups in total. The third-order valence-electron chi connectivity index (χ3n) is 6.01. The van der Waals surface area contributed by atoms with Crippen LogP contribution in [0.15, 0.2) is 30.3 Å². The van der Waals surface area contributed by atoms with Gasteiger partial charge in [0.05, 0.1) is 18.8 Å². The molecule has 0 aliphatic carbocycles. The molecule has 1 heterocycles. The third-order valence-corrected chi connectivity index (χ3v) is 6.01. The van der Waals surface area contributed by atoms with Crippen LogP contribution in [0.3, 0.4) is 0 Å². The molecule has 1 aromatic heterocycles. The lowest BCUT2D eigenvalue weighted by Gasteiger charge is -2.20. The summed E-state index contributed by atoms with van der Waals surface area (Å²) in [5, 5.41) is 19.4. The Hall–Kier alpha value is -3.24. The van der Waals surface area contributed by atoms with Crippen LogP contribution in [-0.4, -0.2) is 88.3 Å². The molecule has 0 saturated carbocycles. The Bertz CT molecular complexity index is 985. The SMILES string of the molecule is CCN(CC)CCNC(=O)c1ccc(NC(=O)CCCN(CCn2nc(C)cc2C)CC(=O)O)cc1. The number of hydrogen-bond donors (Lipinski definition) is 3. The van der Waals surface area contributed by atoms with E-state index in [1.807, 2.05) is 29.5 Å². The molecular weight excluding hydrogens is 460 g/mol. The number of amides is 2. The van der Waals surface area contributed by atoms with E-state index < -0.39 is 5.97 Å². The highest BCUT2D eigenvalue weighted by atomic mass is 16.4. The number of hydrogen-bond acceptors (Lipinski definition) is 6. The van der Waals surface area contributed by atoms with E-state index in [2.05, 4.69) is 34.5 Å². The van der Waals surface area contributed by atoms with Gasteiger partial charge in [-0.2, -0.15) is 5.10 Å². The minimum absolute atomic E-state index is 0.0840. The molecule has 0 radical (unpaired) electrons. The largest absolute Gasteiger partial charge is 0.480 e. The van der Waals surface area contributed by atoms with E-state index in [1.54, 1.807) is 24.3 Å². The van der Waals surface area contributed by atoms with Crippen molar-refractivity contribution in [3.8, 4) is 0 Å². The summed E-state index contributed by atoms with van der Waals surface area (Å²) in [6.45, 7) is 12.9. The number of carboxylic acids is 1. The van der Waals surface area contributed by atoms with Crippen molar-refractivity contribution >= 4 is 23.5 Å². The van der Waals surface area contributed by atoms with Crippen molar-refractivity contribution < 1.29 is 19.5 Å². The van der Waals surface area contributed by atoms with E-state index in [9.17, 15) is 19.5 Å². The highest BCUT2D eigenvalue weighted by Gasteiger charge is 2.13. The minimum atomic E-state index is -0.898. The highest BCUT2D eigenvalue weighted by Crippen LogP contribution is 2.11. The molecule has 0 aliphatic heterocycles. The van der Waals surface area contributed by atoms with Gasteiger partial charge in [-0.15, -0.1) is 0 Å². The number of carbonyl (C=O) groups is 3. The molecule has 0 atom stereocenters. The zero-order valence-electron chi connectivity index (χ0n) is 21.9. The van der Waals surface area contributed by atoms with Crippen molar-refractivity contribution in [2.24, 2.45) is 0 Å². The van der Waals surface area contributed by atoms with Gasteiger partial charge in [0.15, 0.2) is 0 Å². The first kappa shape index (κ1) is 29.0. The number of likely N-dealkylation sites (N-methyl/N-ethyl adjacent to an activating group) is 1. The molecular formula is C26H40N6O4. The first-order valence-electron chi connectivity index (χ1n) is 12.6. The van der Waals surface area contributed by atoms with Gasteiger partial charge in [-0.05, 0) is 70.2 Å². The number of nitrogens with one attached hydrogen (secondary N) is 2. The zero-order valence-corrected chi connectivity index (χ0v) is 21.9. The normalized spacial score (nSPS) is 11.2. The van der Waals surface area contributed by atoms with Crippen LogP contribution in [0.25, 0.3) is 0 Å². The Morgan fingerprint density at radius 3 is 2.28 bits per heavy atom. The summed E-state index contributed by atoms with van der Waals surface area (Å²) in [4.78, 5) is 40.0. The molecule has 198 valence electrons. The lowest BCUT2D eigenvalue weighted by molar-refractivity contribution is -0.138. The quantitative estimate of drug-likeness (QED) is 0.324. The Labute approximate surface area is 213 Å². The van der Waals surface area contributed by atoms with Gasteiger partial charge in [-0.1, -0.05) is 13.8 Å². The highest BCUT2D eigenvalue weighted by molar-refractivity contribution is 5.95. The van der Waals surface area contributed by atoms with Gasteiger partial charge in [0.2, 0.25) is 5.91 Å². The number of aliphatic carboxylic acids is 1. The summed E-state index contributed by atoms with van der Waals surface area (Å²) in [6, 6.07) is 8.79. The summed E-state index contributed by atoms with van der Waals surface area (Å²) >= 11 is 0. The van der Waals surface area contributed by atoms with E-state index in [0.717, 1.165) is 31.0 Å². The van der Waals surface area contributed by atoms with E-state index >= 15 is 0 Å². The number of nitrogens with zero attached hydrogens (tertiary/aromatic N) is 4. The number of rotatable bonds is 16. The number of anilines is 1. The number of aryl methyl sites for hydroxylation is 2. The molecule has 0 saturated heterocycles. The van der Waals surface area contributed by atoms with Crippen LogP contribution >= 0.6 is 0 Å². The summed E-state index contributed by atoms with van der Waals surface area (Å²) in [6.07, 6.45) is 0.798. The number of aromatic nitrogens is 2. The number of carbonyl (C=O) groups excluding carboxylic acids is 2. The lowest BCUT2D eigenvalue weighted by atomic mass is 10.2. The first-order chi connectivity index (χ1) is 17.2. The maximum Gasteiger partial charge on any atom is 0.317 e. The van der Waals surface area contributed by atoms with Crippen LogP contribution in [0.4, 0.5) is 5.69 Å². The van der Waals surface area contributed by atoms with Gasteiger partial charge in [0.25, 0.3) is 5.91 Å². The fourth-order valence-electron chi connectivity index (χ4n) is 3.96. The number of benzene rings is 1. The third kappa shape index (κ3) is 10.2. The van der Waals surface area contributed by atoms with Crippen LogP contribution in [0, 0.1) is 13.8 Å². The number of carboxylic acid groups (broad SMARTS) is 1. The van der Waals surface area contributed by atoms with Gasteiger partial charge in [-0.3, -0.25) is 24.0 Å². The molecule has 0 fully saturated rings. The maximum atomic E-state index is 12.4. The lowest BCUT2D eigenvalue weighted by Crippen LogP contribution is -2.34. The van der Waals surface area contributed by atoms with Gasteiger partial charge in [0.1, 0.15) is 0 Å². The average Bonchev–Trinajstić information content (AvgIpc) is 3.16. The predicted octanol–water partition coefficient (Wildman–Crippen LogP) is 2.38. The molecule has 2 rings (SSSR count).